The molecular formula is C20H18FN3O2. The number of oxazole rings is 1. The number of nitrogens with one attached hydrogen (secondary N) is 1. The van der Waals surface area contributed by atoms with Gasteiger partial charge in [0.05, 0.1) is 11.2 Å². The molecule has 0 unspecified atom stereocenters. The molecule has 6 heteroatoms. The molecule has 0 spiro atoms. The number of nitrogens with zero attached hydrogens (tertiary/aromatic N) is 2. The Bertz CT molecular complexity index is 1050. The first-order chi connectivity index (χ1) is 12.7. The van der Waals surface area contributed by atoms with Gasteiger partial charge in [0.1, 0.15) is 12.4 Å². The number of aliphatic hydroxyl groups excluding tert-OH is 1. The number of benzene rings is 2. The molecule has 2 heterocycles. The number of hydrogen-bond acceptors (Lipinski definition) is 4. The molecule has 2 N–H and O–H groups in total. The molecule has 26 heavy (non-hydrogen) atoms. The van der Waals surface area contributed by atoms with Crippen molar-refractivity contribution < 1.29 is 13.9 Å². The van der Waals surface area contributed by atoms with Crippen LogP contribution in [0.1, 0.15) is 29.5 Å². The molecule has 0 saturated heterocycles. The Morgan fingerprint density at radius 3 is 2.65 bits per heavy atom. The van der Waals surface area contributed by atoms with Gasteiger partial charge in [0, 0.05) is 11.8 Å². The molecule has 0 fully saturated rings. The largest absolute Gasteiger partial charge is 0.437 e. The molecular weight excluding hydrogens is 333 g/mol. The van der Waals surface area contributed by atoms with Crippen molar-refractivity contribution in [2.75, 3.05) is 0 Å². The number of aromatic amines is 1. The van der Waals surface area contributed by atoms with Crippen molar-refractivity contribution in [1.82, 2.24) is 15.2 Å². The maximum absolute atomic E-state index is 14.1. The van der Waals surface area contributed by atoms with E-state index in [4.69, 9.17) is 4.42 Å². The third-order valence-corrected chi connectivity index (χ3v) is 4.47. The van der Waals surface area contributed by atoms with Gasteiger partial charge in [-0.05, 0) is 29.7 Å². The van der Waals surface area contributed by atoms with Crippen LogP contribution >= 0.6 is 0 Å². The molecule has 0 aliphatic carbocycles. The number of aliphatic hydroxyl groups is 1. The van der Waals surface area contributed by atoms with E-state index in [0.29, 0.717) is 41.4 Å². The minimum Gasteiger partial charge on any atom is -0.437 e. The van der Waals surface area contributed by atoms with E-state index in [2.05, 4.69) is 15.2 Å². The number of hydrogen-bond donors (Lipinski definition) is 2. The van der Waals surface area contributed by atoms with E-state index in [-0.39, 0.29) is 12.4 Å². The lowest BCUT2D eigenvalue weighted by Gasteiger charge is -2.05. The Kier molecular flexibility index (Phi) is 4.26. The highest BCUT2D eigenvalue weighted by molar-refractivity contribution is 5.93. The third kappa shape index (κ3) is 2.78. The van der Waals surface area contributed by atoms with Crippen molar-refractivity contribution in [1.29, 1.82) is 0 Å². The van der Waals surface area contributed by atoms with Gasteiger partial charge in [-0.1, -0.05) is 37.3 Å². The second-order valence-electron chi connectivity index (χ2n) is 6.08. The average molecular weight is 351 g/mol. The molecule has 0 atom stereocenters. The average Bonchev–Trinajstić information content (AvgIpc) is 3.27. The first kappa shape index (κ1) is 16.5. The summed E-state index contributed by atoms with van der Waals surface area (Å²) in [6, 6.07) is 12.5. The maximum atomic E-state index is 14.1. The Hall–Kier alpha value is -2.99. The minimum absolute atomic E-state index is 0.208. The molecule has 0 aliphatic rings. The molecule has 0 aliphatic heterocycles. The molecule has 132 valence electrons. The van der Waals surface area contributed by atoms with Crippen LogP contribution in [0.3, 0.4) is 0 Å². The van der Waals surface area contributed by atoms with Gasteiger partial charge in [-0.25, -0.2) is 9.37 Å². The molecule has 4 aromatic rings. The lowest BCUT2D eigenvalue weighted by Crippen LogP contribution is -1.93. The van der Waals surface area contributed by atoms with Crippen molar-refractivity contribution in [2.24, 2.45) is 0 Å². The fourth-order valence-corrected chi connectivity index (χ4v) is 3.18. The van der Waals surface area contributed by atoms with Crippen LogP contribution in [0.2, 0.25) is 0 Å². The van der Waals surface area contributed by atoms with E-state index < -0.39 is 0 Å². The fraction of sp³-hybridized carbons (Fsp3) is 0.200. The van der Waals surface area contributed by atoms with Gasteiger partial charge in [-0.2, -0.15) is 5.10 Å². The Morgan fingerprint density at radius 1 is 1.12 bits per heavy atom. The van der Waals surface area contributed by atoms with Gasteiger partial charge in [0.15, 0.2) is 11.5 Å². The van der Waals surface area contributed by atoms with Gasteiger partial charge in [-0.15, -0.1) is 0 Å². The van der Waals surface area contributed by atoms with Crippen LogP contribution in [0, 0.1) is 5.82 Å². The molecule has 2 aromatic heterocycles. The van der Waals surface area contributed by atoms with Crippen molar-refractivity contribution >= 4 is 10.9 Å². The Labute approximate surface area is 149 Å². The molecule has 2 aromatic carbocycles. The van der Waals surface area contributed by atoms with Crippen molar-refractivity contribution in [3.05, 3.63) is 70.9 Å². The van der Waals surface area contributed by atoms with Gasteiger partial charge < -0.3 is 9.52 Å². The highest BCUT2D eigenvalue weighted by Crippen LogP contribution is 2.31. The van der Waals surface area contributed by atoms with Crippen molar-refractivity contribution in [2.45, 2.75) is 26.4 Å². The third-order valence-electron chi connectivity index (χ3n) is 4.47. The smallest absolute Gasteiger partial charge is 0.248 e. The number of halogens is 1. The van der Waals surface area contributed by atoms with E-state index in [1.165, 1.54) is 6.07 Å². The van der Waals surface area contributed by atoms with E-state index in [1.807, 2.05) is 31.2 Å². The van der Waals surface area contributed by atoms with Gasteiger partial charge in [-0.3, -0.25) is 5.10 Å². The number of fused-ring (bicyclic) bond motifs is 1. The summed E-state index contributed by atoms with van der Waals surface area (Å²) in [5.41, 5.74) is 3.66. The van der Waals surface area contributed by atoms with Gasteiger partial charge in [0.25, 0.3) is 0 Å². The Balaban J connectivity index is 1.85. The van der Waals surface area contributed by atoms with Crippen LogP contribution in [-0.2, 0) is 19.4 Å². The first-order valence-electron chi connectivity index (χ1n) is 8.50. The minimum atomic E-state index is -0.235. The van der Waals surface area contributed by atoms with Crippen LogP contribution in [0.25, 0.3) is 22.5 Å². The first-order valence-corrected chi connectivity index (χ1v) is 8.50. The molecule has 0 bridgehead atoms. The number of aryl methyl sites for hydroxylation is 1. The van der Waals surface area contributed by atoms with Crippen LogP contribution in [0.4, 0.5) is 4.39 Å². The maximum Gasteiger partial charge on any atom is 0.248 e. The van der Waals surface area contributed by atoms with E-state index in [9.17, 15) is 9.50 Å². The van der Waals surface area contributed by atoms with Crippen LogP contribution in [0.15, 0.2) is 46.9 Å². The second kappa shape index (κ2) is 6.72. The molecule has 5 nitrogen and oxygen atoms in total. The van der Waals surface area contributed by atoms with Crippen LogP contribution < -0.4 is 0 Å². The standard InChI is InChI=1S/C20H18FN3O2/c1-2-15-17(11-25)26-20(22-15)19-18-13(7-5-9-16(18)23-24-19)10-12-6-3-4-8-14(12)21/h3-9,25H,2,10-11H2,1H3,(H,23,24). The summed E-state index contributed by atoms with van der Waals surface area (Å²) in [5, 5.41) is 17.6. The molecule has 0 amide bonds. The highest BCUT2D eigenvalue weighted by Gasteiger charge is 2.20. The number of H-pyrrole nitrogens is 1. The Morgan fingerprint density at radius 2 is 1.92 bits per heavy atom. The highest BCUT2D eigenvalue weighted by atomic mass is 19.1. The summed E-state index contributed by atoms with van der Waals surface area (Å²) in [5.74, 6) is 0.574. The fourth-order valence-electron chi connectivity index (χ4n) is 3.18. The number of rotatable bonds is 5. The topological polar surface area (TPSA) is 74.9 Å². The summed E-state index contributed by atoms with van der Waals surface area (Å²) in [4.78, 5) is 4.47. The zero-order valence-electron chi connectivity index (χ0n) is 14.3. The monoisotopic (exact) mass is 351 g/mol. The second-order valence-corrected chi connectivity index (χ2v) is 6.08. The molecule has 0 radical (unpaired) electrons. The summed E-state index contributed by atoms with van der Waals surface area (Å²) in [6.45, 7) is 1.74. The summed E-state index contributed by atoms with van der Waals surface area (Å²) in [6.07, 6.45) is 1.09. The quantitative estimate of drug-likeness (QED) is 0.570. The lowest BCUT2D eigenvalue weighted by atomic mass is 9.99. The van der Waals surface area contributed by atoms with Crippen LogP contribution in [0.5, 0.6) is 0 Å². The predicted octanol–water partition coefficient (Wildman–Crippen LogP) is 4.00. The predicted molar refractivity (Wildman–Crippen MR) is 96.1 cm³/mol. The summed E-state index contributed by atoms with van der Waals surface area (Å²) < 4.78 is 19.8. The number of aromatic nitrogens is 3. The van der Waals surface area contributed by atoms with E-state index in [0.717, 1.165) is 16.5 Å². The van der Waals surface area contributed by atoms with Crippen LogP contribution in [-0.4, -0.2) is 20.3 Å². The van der Waals surface area contributed by atoms with E-state index in [1.54, 1.807) is 12.1 Å². The SMILES string of the molecule is CCc1nc(-c2n[nH]c3cccc(Cc4ccccc4F)c23)oc1CO. The normalized spacial score (nSPS) is 11.3. The van der Waals surface area contributed by atoms with Gasteiger partial charge >= 0.3 is 0 Å². The van der Waals surface area contributed by atoms with Gasteiger partial charge in [0.2, 0.25) is 5.89 Å². The summed E-state index contributed by atoms with van der Waals surface area (Å²) >= 11 is 0. The zero-order valence-corrected chi connectivity index (χ0v) is 14.3. The van der Waals surface area contributed by atoms with Crippen molar-refractivity contribution in [3.63, 3.8) is 0 Å². The molecule has 0 saturated carbocycles. The summed E-state index contributed by atoms with van der Waals surface area (Å²) in [7, 11) is 0. The zero-order chi connectivity index (χ0) is 18.1. The van der Waals surface area contributed by atoms with E-state index >= 15 is 0 Å². The molecule has 4 rings (SSSR count). The van der Waals surface area contributed by atoms with Crippen molar-refractivity contribution in [3.8, 4) is 11.6 Å². The lowest BCUT2D eigenvalue weighted by molar-refractivity contribution is 0.247.